The molecule has 31 heavy (non-hydrogen) atoms. The van der Waals surface area contributed by atoms with Crippen molar-refractivity contribution in [1.82, 2.24) is 20.0 Å². The number of carbonyl (C=O) groups excluding carboxylic acids is 2. The Morgan fingerprint density at radius 3 is 2.45 bits per heavy atom. The van der Waals surface area contributed by atoms with Crippen LogP contribution >= 0.6 is 0 Å². The summed E-state index contributed by atoms with van der Waals surface area (Å²) in [6.07, 6.45) is 6.30. The van der Waals surface area contributed by atoms with Gasteiger partial charge in [-0.05, 0) is 56.8 Å². The van der Waals surface area contributed by atoms with Crippen molar-refractivity contribution in [2.45, 2.75) is 57.5 Å². The van der Waals surface area contributed by atoms with Crippen LogP contribution in [0.15, 0.2) is 30.3 Å². The van der Waals surface area contributed by atoms with Crippen molar-refractivity contribution < 1.29 is 9.59 Å². The largest absolute Gasteiger partial charge is 0.354 e. The normalized spacial score (nSPS) is 27.1. The number of benzene rings is 1. The third-order valence-corrected chi connectivity index (χ3v) is 7.51. The predicted octanol–water partition coefficient (Wildman–Crippen LogP) is 2.60. The molecule has 6 nitrogen and oxygen atoms in total. The van der Waals surface area contributed by atoms with Crippen LogP contribution in [0.2, 0.25) is 0 Å². The summed E-state index contributed by atoms with van der Waals surface area (Å²) in [5.41, 5.74) is 0.692. The molecule has 1 aromatic carbocycles. The third kappa shape index (κ3) is 5.29. The Morgan fingerprint density at radius 2 is 1.71 bits per heavy atom. The minimum absolute atomic E-state index is 0.0175. The van der Waals surface area contributed by atoms with Gasteiger partial charge in [0.25, 0.3) is 5.91 Å². The van der Waals surface area contributed by atoms with Crippen molar-refractivity contribution in [1.29, 1.82) is 0 Å². The van der Waals surface area contributed by atoms with Gasteiger partial charge in [0, 0.05) is 44.3 Å². The van der Waals surface area contributed by atoms with E-state index in [4.69, 9.17) is 0 Å². The predicted molar refractivity (Wildman–Crippen MR) is 123 cm³/mol. The number of likely N-dealkylation sites (tertiary alicyclic amines) is 1. The number of carbonyl (C=O) groups is 2. The first kappa shape index (κ1) is 22.3. The van der Waals surface area contributed by atoms with Crippen molar-refractivity contribution in [3.05, 3.63) is 35.9 Å². The molecule has 1 aromatic rings. The lowest BCUT2D eigenvalue weighted by molar-refractivity contribution is -0.125. The van der Waals surface area contributed by atoms with Crippen molar-refractivity contribution >= 4 is 11.8 Å². The van der Waals surface area contributed by atoms with E-state index in [1.165, 1.54) is 6.42 Å². The van der Waals surface area contributed by atoms with Gasteiger partial charge < -0.3 is 20.0 Å². The number of rotatable bonds is 7. The maximum absolute atomic E-state index is 13.3. The molecule has 0 bridgehead atoms. The van der Waals surface area contributed by atoms with Gasteiger partial charge in [0.1, 0.15) is 6.04 Å². The van der Waals surface area contributed by atoms with E-state index >= 15 is 0 Å². The Labute approximate surface area is 187 Å². The zero-order valence-electron chi connectivity index (χ0n) is 19.0. The number of hydrogen-bond acceptors (Lipinski definition) is 4. The van der Waals surface area contributed by atoms with E-state index in [1.54, 1.807) is 0 Å². The molecule has 0 radical (unpaired) electrons. The monoisotopic (exact) mass is 426 g/mol. The van der Waals surface area contributed by atoms with Crippen LogP contribution in [-0.4, -0.2) is 84.4 Å². The van der Waals surface area contributed by atoms with Gasteiger partial charge in [-0.1, -0.05) is 38.0 Å². The topological polar surface area (TPSA) is 55.9 Å². The van der Waals surface area contributed by atoms with Gasteiger partial charge in [-0.3, -0.25) is 9.59 Å². The molecule has 0 aromatic heterocycles. The summed E-state index contributed by atoms with van der Waals surface area (Å²) in [7, 11) is 0. The van der Waals surface area contributed by atoms with Crippen LogP contribution < -0.4 is 5.32 Å². The number of nitrogens with one attached hydrogen (secondary N) is 1. The van der Waals surface area contributed by atoms with Gasteiger partial charge in [0.15, 0.2) is 0 Å². The number of fused-ring (bicyclic) bond motifs is 1. The van der Waals surface area contributed by atoms with Crippen molar-refractivity contribution in [2.24, 2.45) is 5.92 Å². The molecule has 1 N–H and O–H groups in total. The van der Waals surface area contributed by atoms with Gasteiger partial charge in [0.2, 0.25) is 5.91 Å². The molecule has 3 fully saturated rings. The maximum Gasteiger partial charge on any atom is 0.254 e. The van der Waals surface area contributed by atoms with Crippen LogP contribution in [0.1, 0.15) is 55.8 Å². The first-order valence-electron chi connectivity index (χ1n) is 12.3. The van der Waals surface area contributed by atoms with E-state index in [9.17, 15) is 9.59 Å². The summed E-state index contributed by atoms with van der Waals surface area (Å²) in [5.74, 6) is 0.519. The first-order valence-corrected chi connectivity index (χ1v) is 12.3. The van der Waals surface area contributed by atoms with E-state index in [-0.39, 0.29) is 23.9 Å². The van der Waals surface area contributed by atoms with Crippen LogP contribution in [0.25, 0.3) is 0 Å². The molecule has 1 saturated carbocycles. The zero-order valence-corrected chi connectivity index (χ0v) is 19.0. The second-order valence-electron chi connectivity index (χ2n) is 9.36. The van der Waals surface area contributed by atoms with Crippen LogP contribution in [0, 0.1) is 5.92 Å². The molecule has 170 valence electrons. The molecule has 3 unspecified atom stereocenters. The summed E-state index contributed by atoms with van der Waals surface area (Å²) < 4.78 is 0. The van der Waals surface area contributed by atoms with Gasteiger partial charge in [-0.25, -0.2) is 0 Å². The zero-order chi connectivity index (χ0) is 21.6. The highest BCUT2D eigenvalue weighted by Crippen LogP contribution is 2.40. The van der Waals surface area contributed by atoms with Crippen LogP contribution in [0.3, 0.4) is 0 Å². The highest BCUT2D eigenvalue weighted by Gasteiger charge is 2.47. The fourth-order valence-corrected chi connectivity index (χ4v) is 5.68. The molecular weight excluding hydrogens is 388 g/mol. The lowest BCUT2D eigenvalue weighted by Crippen LogP contribution is -2.50. The number of amides is 2. The summed E-state index contributed by atoms with van der Waals surface area (Å²) >= 11 is 0. The molecule has 0 spiro atoms. The van der Waals surface area contributed by atoms with Crippen molar-refractivity contribution in [3.63, 3.8) is 0 Å². The number of likely N-dealkylation sites (N-methyl/N-ethyl adjacent to an activating group) is 1. The Balaban J connectivity index is 1.32. The molecule has 2 amide bonds. The minimum Gasteiger partial charge on any atom is -0.354 e. The van der Waals surface area contributed by atoms with Crippen molar-refractivity contribution in [2.75, 3.05) is 45.8 Å². The lowest BCUT2D eigenvalue weighted by Gasteiger charge is -2.34. The third-order valence-electron chi connectivity index (χ3n) is 7.51. The highest BCUT2D eigenvalue weighted by atomic mass is 16.2. The van der Waals surface area contributed by atoms with Gasteiger partial charge in [0.05, 0.1) is 0 Å². The number of nitrogens with zero attached hydrogens (tertiary/aromatic N) is 3. The van der Waals surface area contributed by atoms with Gasteiger partial charge in [-0.2, -0.15) is 0 Å². The Morgan fingerprint density at radius 1 is 1.00 bits per heavy atom. The van der Waals surface area contributed by atoms with E-state index in [2.05, 4.69) is 22.0 Å². The Kier molecular flexibility index (Phi) is 7.62. The summed E-state index contributed by atoms with van der Waals surface area (Å²) in [6.45, 7) is 9.59. The van der Waals surface area contributed by atoms with Gasteiger partial charge >= 0.3 is 0 Å². The molecule has 6 heteroatoms. The summed E-state index contributed by atoms with van der Waals surface area (Å²) in [6, 6.07) is 9.35. The number of hydrogen-bond donors (Lipinski definition) is 1. The number of piperazine rings is 1. The minimum atomic E-state index is -0.325. The SMILES string of the molecule is CCN1CCN(CCCNC(=O)C2CC3CCCCC3N2C(=O)c2ccccc2)CC1. The van der Waals surface area contributed by atoms with E-state index < -0.39 is 0 Å². The summed E-state index contributed by atoms with van der Waals surface area (Å²) in [5, 5.41) is 3.16. The van der Waals surface area contributed by atoms with E-state index in [1.807, 2.05) is 35.2 Å². The molecule has 2 aliphatic heterocycles. The smallest absolute Gasteiger partial charge is 0.254 e. The Bertz CT molecular complexity index is 732. The average molecular weight is 427 g/mol. The van der Waals surface area contributed by atoms with Crippen molar-refractivity contribution in [3.8, 4) is 0 Å². The van der Waals surface area contributed by atoms with Crippen LogP contribution in [0.4, 0.5) is 0 Å². The summed E-state index contributed by atoms with van der Waals surface area (Å²) in [4.78, 5) is 33.4. The molecule has 4 rings (SSSR count). The van der Waals surface area contributed by atoms with Crippen LogP contribution in [0.5, 0.6) is 0 Å². The standard InChI is InChI=1S/C25H38N4O2/c1-2-27-15-17-28(18-16-27)14-8-13-26-24(30)23-19-21-11-6-7-12-22(21)29(23)25(31)20-9-4-3-5-10-20/h3-5,9-10,21-23H,2,6-8,11-19H2,1H3,(H,26,30). The average Bonchev–Trinajstić information content (AvgIpc) is 3.22. The quantitative estimate of drug-likeness (QED) is 0.681. The van der Waals surface area contributed by atoms with E-state index in [0.717, 1.165) is 71.4 Å². The molecule has 3 atom stereocenters. The molecule has 2 saturated heterocycles. The second-order valence-corrected chi connectivity index (χ2v) is 9.36. The second kappa shape index (κ2) is 10.6. The highest BCUT2D eigenvalue weighted by molar-refractivity contribution is 5.98. The fraction of sp³-hybridized carbons (Fsp3) is 0.680. The maximum atomic E-state index is 13.3. The molecule has 2 heterocycles. The van der Waals surface area contributed by atoms with Gasteiger partial charge in [-0.15, -0.1) is 0 Å². The Hall–Kier alpha value is -1.92. The first-order chi connectivity index (χ1) is 15.2. The van der Waals surface area contributed by atoms with Crippen LogP contribution in [-0.2, 0) is 4.79 Å². The molecular formula is C25H38N4O2. The fourth-order valence-electron chi connectivity index (χ4n) is 5.68. The molecule has 3 aliphatic rings. The van der Waals surface area contributed by atoms with E-state index in [0.29, 0.717) is 18.0 Å². The lowest BCUT2D eigenvalue weighted by atomic mass is 9.84. The molecule has 1 aliphatic carbocycles.